The number of nitrogens with zero attached hydrogens (tertiary/aromatic N) is 2. The Morgan fingerprint density at radius 2 is 1.83 bits per heavy atom. The number of benzene rings is 2. The predicted octanol–water partition coefficient (Wildman–Crippen LogP) is 6.45. The van der Waals surface area contributed by atoms with Crippen molar-refractivity contribution in [2.75, 3.05) is 23.3 Å². The van der Waals surface area contributed by atoms with Gasteiger partial charge < -0.3 is 10.2 Å². The molecule has 0 amide bonds. The summed E-state index contributed by atoms with van der Waals surface area (Å²) in [5.41, 5.74) is 0.909. The van der Waals surface area contributed by atoms with Crippen LogP contribution >= 0.6 is 11.6 Å². The molecule has 0 spiro atoms. The third-order valence-corrected chi connectivity index (χ3v) is 5.49. The van der Waals surface area contributed by atoms with Gasteiger partial charge in [-0.25, -0.2) is 0 Å². The maximum atomic E-state index is 13.8. The number of alkyl halides is 3. The average Bonchev–Trinajstić information content (AvgIpc) is 2.74. The predicted molar refractivity (Wildman–Crippen MR) is 113 cm³/mol. The molecule has 0 bridgehead atoms. The molecule has 1 fully saturated rings. The minimum absolute atomic E-state index is 0.186. The largest absolute Gasteiger partial charge is 0.418 e. The molecule has 0 saturated carbocycles. The number of hydrogen-bond donors (Lipinski definition) is 1. The number of rotatable bonds is 4. The van der Waals surface area contributed by atoms with Crippen molar-refractivity contribution in [3.8, 4) is 0 Å². The summed E-state index contributed by atoms with van der Waals surface area (Å²) in [5.74, 6) is 0. The van der Waals surface area contributed by atoms with Crippen LogP contribution in [-0.2, 0) is 6.18 Å². The Morgan fingerprint density at radius 1 is 1.07 bits per heavy atom. The van der Waals surface area contributed by atoms with Crippen molar-refractivity contribution in [1.82, 2.24) is 4.98 Å². The van der Waals surface area contributed by atoms with Gasteiger partial charge in [-0.1, -0.05) is 11.6 Å². The Bertz CT molecular complexity index is 1090. The van der Waals surface area contributed by atoms with Gasteiger partial charge in [0.15, 0.2) is 6.29 Å². The van der Waals surface area contributed by atoms with Crippen molar-refractivity contribution in [2.24, 2.45) is 0 Å². The topological polar surface area (TPSA) is 45.2 Å². The lowest BCUT2D eigenvalue weighted by Crippen LogP contribution is -2.31. The van der Waals surface area contributed by atoms with Crippen LogP contribution < -0.4 is 10.2 Å². The first-order valence-electron chi connectivity index (χ1n) is 9.63. The van der Waals surface area contributed by atoms with Crippen molar-refractivity contribution in [1.29, 1.82) is 0 Å². The summed E-state index contributed by atoms with van der Waals surface area (Å²) in [4.78, 5) is 17.5. The van der Waals surface area contributed by atoms with Crippen LogP contribution in [0.15, 0.2) is 42.6 Å². The SMILES string of the molecule is O=Cc1cnc2ccc(Cl)cc2c1Nc1ccc(N2CCCCC2)c(C(F)(F)F)c1. The zero-order valence-corrected chi connectivity index (χ0v) is 16.7. The number of aromatic nitrogens is 1. The second kappa shape index (κ2) is 8.14. The van der Waals surface area contributed by atoms with Gasteiger partial charge in [0.2, 0.25) is 0 Å². The summed E-state index contributed by atoms with van der Waals surface area (Å²) in [7, 11) is 0. The summed E-state index contributed by atoms with van der Waals surface area (Å²) in [6, 6.07) is 9.17. The second-order valence-electron chi connectivity index (χ2n) is 7.27. The zero-order valence-electron chi connectivity index (χ0n) is 16.0. The Balaban J connectivity index is 1.79. The highest BCUT2D eigenvalue weighted by Crippen LogP contribution is 2.40. The lowest BCUT2D eigenvalue weighted by molar-refractivity contribution is -0.137. The van der Waals surface area contributed by atoms with E-state index in [0.29, 0.717) is 41.0 Å². The number of fused-ring (bicyclic) bond motifs is 1. The van der Waals surface area contributed by atoms with Crippen LogP contribution in [0.5, 0.6) is 0 Å². The third-order valence-electron chi connectivity index (χ3n) is 5.25. The molecule has 30 heavy (non-hydrogen) atoms. The minimum atomic E-state index is -4.50. The van der Waals surface area contributed by atoms with E-state index in [2.05, 4.69) is 10.3 Å². The van der Waals surface area contributed by atoms with Crippen LogP contribution in [0.3, 0.4) is 0 Å². The maximum absolute atomic E-state index is 13.8. The molecule has 1 aliphatic heterocycles. The van der Waals surface area contributed by atoms with Gasteiger partial charge in [0.1, 0.15) is 0 Å². The van der Waals surface area contributed by atoms with Crippen molar-refractivity contribution >= 4 is 45.9 Å². The van der Waals surface area contributed by atoms with Crippen LogP contribution in [-0.4, -0.2) is 24.4 Å². The van der Waals surface area contributed by atoms with E-state index < -0.39 is 11.7 Å². The average molecular weight is 434 g/mol. The van der Waals surface area contributed by atoms with Crippen LogP contribution in [0.2, 0.25) is 5.02 Å². The molecular weight excluding hydrogens is 415 g/mol. The normalized spacial score (nSPS) is 14.7. The Morgan fingerprint density at radius 3 is 2.53 bits per heavy atom. The number of pyridine rings is 1. The van der Waals surface area contributed by atoms with Crippen molar-refractivity contribution < 1.29 is 18.0 Å². The zero-order chi connectivity index (χ0) is 21.3. The molecule has 2 heterocycles. The number of anilines is 3. The molecule has 1 N–H and O–H groups in total. The molecule has 2 aromatic carbocycles. The van der Waals surface area contributed by atoms with E-state index in [1.165, 1.54) is 12.3 Å². The van der Waals surface area contributed by atoms with E-state index in [1.807, 2.05) is 0 Å². The number of halogens is 4. The highest BCUT2D eigenvalue weighted by Gasteiger charge is 2.35. The fraction of sp³-hybridized carbons (Fsp3) is 0.273. The van der Waals surface area contributed by atoms with E-state index in [4.69, 9.17) is 11.6 Å². The number of aldehydes is 1. The molecule has 3 aromatic rings. The number of carbonyl (C=O) groups excluding carboxylic acids is 1. The summed E-state index contributed by atoms with van der Waals surface area (Å²) in [6.45, 7) is 1.22. The van der Waals surface area contributed by atoms with Crippen LogP contribution in [0.25, 0.3) is 10.9 Å². The van der Waals surface area contributed by atoms with Gasteiger partial charge in [0.25, 0.3) is 0 Å². The number of hydrogen-bond acceptors (Lipinski definition) is 4. The monoisotopic (exact) mass is 433 g/mol. The molecule has 0 atom stereocenters. The standard InChI is InChI=1S/C22H19ClF3N3O/c23-15-4-6-19-17(10-15)21(14(13-30)12-27-19)28-16-5-7-20(18(11-16)22(24,25)26)29-8-2-1-3-9-29/h4-7,10-13H,1-3,8-9H2,(H,27,28). The van der Waals surface area contributed by atoms with E-state index in [9.17, 15) is 18.0 Å². The summed E-state index contributed by atoms with van der Waals surface area (Å²) in [6.07, 6.45) is 0.291. The molecule has 4 rings (SSSR count). The quantitative estimate of drug-likeness (QED) is 0.480. The number of nitrogens with one attached hydrogen (secondary N) is 1. The first kappa shape index (κ1) is 20.5. The lowest BCUT2D eigenvalue weighted by atomic mass is 10.1. The number of carbonyl (C=O) groups is 1. The number of piperidine rings is 1. The lowest BCUT2D eigenvalue weighted by Gasteiger charge is -2.31. The Kier molecular flexibility index (Phi) is 5.56. The molecular formula is C22H19ClF3N3O. The fourth-order valence-electron chi connectivity index (χ4n) is 3.80. The van der Waals surface area contributed by atoms with Gasteiger partial charge in [-0.2, -0.15) is 13.2 Å². The Hall–Kier alpha value is -2.80. The third kappa shape index (κ3) is 4.07. The molecule has 8 heteroatoms. The molecule has 156 valence electrons. The maximum Gasteiger partial charge on any atom is 0.418 e. The smallest absolute Gasteiger partial charge is 0.371 e. The molecule has 1 saturated heterocycles. The molecule has 1 aromatic heterocycles. The summed E-state index contributed by atoms with van der Waals surface area (Å²) < 4.78 is 41.5. The van der Waals surface area contributed by atoms with E-state index >= 15 is 0 Å². The van der Waals surface area contributed by atoms with Gasteiger partial charge in [-0.3, -0.25) is 9.78 Å². The fourth-order valence-corrected chi connectivity index (χ4v) is 3.98. The van der Waals surface area contributed by atoms with Crippen molar-refractivity contribution in [3.63, 3.8) is 0 Å². The van der Waals surface area contributed by atoms with Crippen LogP contribution in [0.1, 0.15) is 35.2 Å². The first-order chi connectivity index (χ1) is 14.4. The van der Waals surface area contributed by atoms with Gasteiger partial charge in [-0.05, 0) is 55.7 Å². The van der Waals surface area contributed by atoms with E-state index in [1.54, 1.807) is 29.2 Å². The van der Waals surface area contributed by atoms with Gasteiger partial charge in [-0.15, -0.1) is 0 Å². The van der Waals surface area contributed by atoms with E-state index in [-0.39, 0.29) is 16.9 Å². The van der Waals surface area contributed by atoms with Gasteiger partial charge >= 0.3 is 6.18 Å². The summed E-state index contributed by atoms with van der Waals surface area (Å²) >= 11 is 6.08. The highest BCUT2D eigenvalue weighted by atomic mass is 35.5. The van der Waals surface area contributed by atoms with Gasteiger partial charge in [0, 0.05) is 41.1 Å². The van der Waals surface area contributed by atoms with Crippen molar-refractivity contribution in [2.45, 2.75) is 25.4 Å². The molecule has 4 nitrogen and oxygen atoms in total. The molecule has 0 radical (unpaired) electrons. The Labute approximate surface area is 176 Å². The van der Waals surface area contributed by atoms with Gasteiger partial charge in [0.05, 0.1) is 22.3 Å². The first-order valence-corrected chi connectivity index (χ1v) is 10.0. The molecule has 1 aliphatic rings. The minimum Gasteiger partial charge on any atom is -0.371 e. The highest BCUT2D eigenvalue weighted by molar-refractivity contribution is 6.31. The van der Waals surface area contributed by atoms with E-state index in [0.717, 1.165) is 25.3 Å². The molecule has 0 aliphatic carbocycles. The second-order valence-corrected chi connectivity index (χ2v) is 7.71. The summed E-state index contributed by atoms with van der Waals surface area (Å²) in [5, 5.41) is 3.98. The van der Waals surface area contributed by atoms with Crippen molar-refractivity contribution in [3.05, 3.63) is 58.7 Å². The molecule has 0 unspecified atom stereocenters. The van der Waals surface area contributed by atoms with Crippen LogP contribution in [0.4, 0.5) is 30.2 Å². The van der Waals surface area contributed by atoms with Crippen LogP contribution in [0, 0.1) is 0 Å².